The number of hydrogen-bond acceptors (Lipinski definition) is 6. The zero-order chi connectivity index (χ0) is 19.6. The van der Waals surface area contributed by atoms with Gasteiger partial charge in [0.05, 0.1) is 7.11 Å². The van der Waals surface area contributed by atoms with Crippen molar-refractivity contribution in [2.45, 2.75) is 38.0 Å². The molecule has 1 saturated heterocycles. The summed E-state index contributed by atoms with van der Waals surface area (Å²) in [5, 5.41) is 2.73. The SMILES string of the molecule is COC(=O)[C@H](CCSC)NC(=O)[C@H]1CCCN1C(=O)OCc1ccccc1. The first kappa shape index (κ1) is 21.1. The van der Waals surface area contributed by atoms with Crippen LogP contribution in [0.5, 0.6) is 0 Å². The van der Waals surface area contributed by atoms with E-state index in [9.17, 15) is 14.4 Å². The van der Waals surface area contributed by atoms with Crippen LogP contribution in [0.1, 0.15) is 24.8 Å². The van der Waals surface area contributed by atoms with Crippen molar-refractivity contribution >= 4 is 29.7 Å². The molecule has 8 heteroatoms. The van der Waals surface area contributed by atoms with Crippen LogP contribution in [-0.4, -0.2) is 60.6 Å². The maximum absolute atomic E-state index is 12.7. The number of likely N-dealkylation sites (tertiary alicyclic amines) is 1. The van der Waals surface area contributed by atoms with Gasteiger partial charge in [0.2, 0.25) is 5.91 Å². The number of methoxy groups -OCH3 is 1. The van der Waals surface area contributed by atoms with Crippen molar-refractivity contribution in [1.82, 2.24) is 10.2 Å². The molecule has 0 bridgehead atoms. The lowest BCUT2D eigenvalue weighted by Gasteiger charge is -2.25. The second-order valence-corrected chi connectivity index (χ2v) is 7.24. The molecule has 1 heterocycles. The molecule has 2 atom stereocenters. The van der Waals surface area contributed by atoms with Crippen LogP contribution < -0.4 is 5.32 Å². The number of benzene rings is 1. The number of ether oxygens (including phenoxy) is 2. The fourth-order valence-corrected chi connectivity index (χ4v) is 3.43. The summed E-state index contributed by atoms with van der Waals surface area (Å²) < 4.78 is 10.1. The average Bonchev–Trinajstić information content (AvgIpc) is 3.19. The summed E-state index contributed by atoms with van der Waals surface area (Å²) in [6, 6.07) is 8.03. The summed E-state index contributed by atoms with van der Waals surface area (Å²) in [5.74, 6) is -0.109. The van der Waals surface area contributed by atoms with E-state index >= 15 is 0 Å². The van der Waals surface area contributed by atoms with Crippen LogP contribution in [-0.2, 0) is 25.7 Å². The molecule has 0 aliphatic carbocycles. The predicted octanol–water partition coefficient (Wildman–Crippen LogP) is 2.20. The maximum atomic E-state index is 12.7. The Balaban J connectivity index is 1.93. The molecule has 7 nitrogen and oxygen atoms in total. The van der Waals surface area contributed by atoms with Crippen molar-refractivity contribution < 1.29 is 23.9 Å². The van der Waals surface area contributed by atoms with E-state index in [4.69, 9.17) is 9.47 Å². The number of carbonyl (C=O) groups excluding carboxylic acids is 3. The summed E-state index contributed by atoms with van der Waals surface area (Å²) in [6.07, 6.45) is 3.15. The summed E-state index contributed by atoms with van der Waals surface area (Å²) in [4.78, 5) is 38.4. The molecular weight excluding hydrogens is 368 g/mol. The Hall–Kier alpha value is -2.22. The molecule has 27 heavy (non-hydrogen) atoms. The third kappa shape index (κ3) is 6.16. The zero-order valence-corrected chi connectivity index (χ0v) is 16.5. The summed E-state index contributed by atoms with van der Waals surface area (Å²) in [7, 11) is 1.30. The second-order valence-electron chi connectivity index (χ2n) is 6.26. The highest BCUT2D eigenvalue weighted by molar-refractivity contribution is 7.98. The van der Waals surface area contributed by atoms with Gasteiger partial charge in [0.1, 0.15) is 18.7 Å². The highest BCUT2D eigenvalue weighted by Crippen LogP contribution is 2.19. The standard InChI is InChI=1S/C19H26N2O5S/c1-25-18(23)15(10-12-27-2)20-17(22)16-9-6-11-21(16)19(24)26-13-14-7-4-3-5-8-14/h3-5,7-8,15-16H,6,9-13H2,1-2H3,(H,20,22)/t15-,16+/m0/s1. The number of esters is 1. The van der Waals surface area contributed by atoms with Gasteiger partial charge in [0.15, 0.2) is 0 Å². The Morgan fingerprint density at radius 2 is 2.04 bits per heavy atom. The van der Waals surface area contributed by atoms with Crippen LogP contribution in [0.25, 0.3) is 0 Å². The molecule has 2 amide bonds. The van der Waals surface area contributed by atoms with Crippen LogP contribution in [0.4, 0.5) is 4.79 Å². The molecule has 0 unspecified atom stereocenters. The van der Waals surface area contributed by atoms with E-state index in [-0.39, 0.29) is 12.5 Å². The van der Waals surface area contributed by atoms with Gasteiger partial charge in [-0.05, 0) is 36.8 Å². The van der Waals surface area contributed by atoms with Gasteiger partial charge in [0.25, 0.3) is 0 Å². The monoisotopic (exact) mass is 394 g/mol. The van der Waals surface area contributed by atoms with Crippen molar-refractivity contribution in [2.75, 3.05) is 25.7 Å². The van der Waals surface area contributed by atoms with Gasteiger partial charge in [0, 0.05) is 6.54 Å². The number of amides is 2. The molecule has 0 saturated carbocycles. The summed E-state index contributed by atoms with van der Waals surface area (Å²) in [5.41, 5.74) is 0.883. The van der Waals surface area contributed by atoms with Crippen molar-refractivity contribution in [1.29, 1.82) is 0 Å². The minimum Gasteiger partial charge on any atom is -0.467 e. The molecule has 1 aliphatic rings. The van der Waals surface area contributed by atoms with Crippen LogP contribution >= 0.6 is 11.8 Å². The van der Waals surface area contributed by atoms with Gasteiger partial charge in [-0.25, -0.2) is 9.59 Å². The number of rotatable bonds is 8. The molecule has 0 radical (unpaired) electrons. The molecule has 1 aliphatic heterocycles. The number of carbonyl (C=O) groups is 3. The Labute approximate surface area is 163 Å². The molecule has 148 valence electrons. The molecule has 1 aromatic rings. The van der Waals surface area contributed by atoms with Crippen molar-refractivity contribution in [3.8, 4) is 0 Å². The van der Waals surface area contributed by atoms with Crippen molar-refractivity contribution in [3.05, 3.63) is 35.9 Å². The van der Waals surface area contributed by atoms with Crippen LogP contribution in [0, 0.1) is 0 Å². The van der Waals surface area contributed by atoms with E-state index in [1.807, 2.05) is 36.6 Å². The highest BCUT2D eigenvalue weighted by atomic mass is 32.2. The smallest absolute Gasteiger partial charge is 0.410 e. The Bertz CT molecular complexity index is 640. The molecule has 2 rings (SSSR count). The molecule has 1 N–H and O–H groups in total. The number of hydrogen-bond donors (Lipinski definition) is 1. The number of nitrogens with one attached hydrogen (secondary N) is 1. The fraction of sp³-hybridized carbons (Fsp3) is 0.526. The summed E-state index contributed by atoms with van der Waals surface area (Å²) >= 11 is 1.58. The van der Waals surface area contributed by atoms with Gasteiger partial charge in [-0.15, -0.1) is 0 Å². The van der Waals surface area contributed by atoms with Gasteiger partial charge < -0.3 is 14.8 Å². The molecule has 0 aromatic heterocycles. The minimum atomic E-state index is -0.710. The third-order valence-corrected chi connectivity index (χ3v) is 5.05. The third-order valence-electron chi connectivity index (χ3n) is 4.41. The molecule has 0 spiro atoms. The van der Waals surface area contributed by atoms with Crippen molar-refractivity contribution in [2.24, 2.45) is 0 Å². The van der Waals surface area contributed by atoms with Gasteiger partial charge in [-0.3, -0.25) is 9.69 Å². The lowest BCUT2D eigenvalue weighted by molar-refractivity contribution is -0.145. The zero-order valence-electron chi connectivity index (χ0n) is 15.7. The maximum Gasteiger partial charge on any atom is 0.410 e. The first-order valence-electron chi connectivity index (χ1n) is 8.91. The van der Waals surface area contributed by atoms with E-state index < -0.39 is 24.1 Å². The van der Waals surface area contributed by atoms with E-state index in [0.29, 0.717) is 31.6 Å². The fourth-order valence-electron chi connectivity index (χ4n) is 2.95. The molecule has 1 aromatic carbocycles. The lowest BCUT2D eigenvalue weighted by atomic mass is 10.1. The van der Waals surface area contributed by atoms with E-state index in [0.717, 1.165) is 5.56 Å². The second kappa shape index (κ2) is 10.8. The average molecular weight is 394 g/mol. The van der Waals surface area contributed by atoms with Crippen LogP contribution in [0.2, 0.25) is 0 Å². The Morgan fingerprint density at radius 1 is 1.30 bits per heavy atom. The molecule has 1 fully saturated rings. The first-order chi connectivity index (χ1) is 13.1. The predicted molar refractivity (Wildman–Crippen MR) is 103 cm³/mol. The topological polar surface area (TPSA) is 84.9 Å². The van der Waals surface area contributed by atoms with Gasteiger partial charge >= 0.3 is 12.1 Å². The summed E-state index contributed by atoms with van der Waals surface area (Å²) in [6.45, 7) is 0.614. The largest absolute Gasteiger partial charge is 0.467 e. The van der Waals surface area contributed by atoms with E-state index in [2.05, 4.69) is 5.32 Å². The van der Waals surface area contributed by atoms with Crippen LogP contribution in [0.3, 0.4) is 0 Å². The van der Waals surface area contributed by atoms with E-state index in [1.165, 1.54) is 12.0 Å². The number of nitrogens with zero attached hydrogens (tertiary/aromatic N) is 1. The van der Waals surface area contributed by atoms with E-state index in [1.54, 1.807) is 11.8 Å². The lowest BCUT2D eigenvalue weighted by Crippen LogP contribution is -2.51. The minimum absolute atomic E-state index is 0.156. The quantitative estimate of drug-likeness (QED) is 0.681. The normalized spacial score (nSPS) is 17.3. The van der Waals surface area contributed by atoms with Crippen LogP contribution in [0.15, 0.2) is 30.3 Å². The molecular formula is C19H26N2O5S. The Morgan fingerprint density at radius 3 is 2.70 bits per heavy atom. The van der Waals surface area contributed by atoms with Gasteiger partial charge in [-0.2, -0.15) is 11.8 Å². The van der Waals surface area contributed by atoms with Gasteiger partial charge in [-0.1, -0.05) is 30.3 Å². The highest BCUT2D eigenvalue weighted by Gasteiger charge is 2.36. The van der Waals surface area contributed by atoms with Crippen molar-refractivity contribution in [3.63, 3.8) is 0 Å². The number of thioether (sulfide) groups is 1. The first-order valence-corrected chi connectivity index (χ1v) is 10.3. The Kier molecular flexibility index (Phi) is 8.44.